The molecule has 74 valence electrons. The van der Waals surface area contributed by atoms with Crippen LogP contribution in [0.2, 0.25) is 0 Å². The number of hydrogen-bond acceptors (Lipinski definition) is 3. The minimum absolute atomic E-state index is 0.214. The van der Waals surface area contributed by atoms with E-state index in [0.717, 1.165) is 19.0 Å². The van der Waals surface area contributed by atoms with E-state index in [2.05, 4.69) is 21.8 Å². The van der Waals surface area contributed by atoms with Gasteiger partial charge < -0.3 is 14.6 Å². The summed E-state index contributed by atoms with van der Waals surface area (Å²) in [6.45, 7) is 5.81. The van der Waals surface area contributed by atoms with Crippen LogP contribution in [0.5, 0.6) is 0 Å². The van der Waals surface area contributed by atoms with Crippen LogP contribution in [0.15, 0.2) is 12.4 Å². The molecule has 0 aliphatic carbocycles. The fourth-order valence-corrected chi connectivity index (χ4v) is 1.13. The fourth-order valence-electron chi connectivity index (χ4n) is 1.13. The van der Waals surface area contributed by atoms with Gasteiger partial charge in [-0.1, -0.05) is 0 Å². The largest absolute Gasteiger partial charge is 0.380 e. The topological polar surface area (TPSA) is 39.1 Å². The Morgan fingerprint density at radius 3 is 3.08 bits per heavy atom. The van der Waals surface area contributed by atoms with E-state index in [9.17, 15) is 0 Å². The maximum atomic E-state index is 5.18. The molecule has 1 N–H and O–H groups in total. The van der Waals surface area contributed by atoms with Gasteiger partial charge >= 0.3 is 0 Å². The van der Waals surface area contributed by atoms with Crippen molar-refractivity contribution >= 4 is 5.95 Å². The Hall–Kier alpha value is -1.03. The number of nitrogens with one attached hydrogen (secondary N) is 1. The standard InChI is InChI=1S/C9H17N3O/c1-4-10-9-11-5-6-12(9)7-8(2)13-3/h5-6,8H,4,7H2,1-3H3,(H,10,11). The molecule has 0 saturated carbocycles. The van der Waals surface area contributed by atoms with Crippen LogP contribution in [0.1, 0.15) is 13.8 Å². The normalized spacial score (nSPS) is 12.8. The highest BCUT2D eigenvalue weighted by atomic mass is 16.5. The lowest BCUT2D eigenvalue weighted by Gasteiger charge is -2.12. The summed E-state index contributed by atoms with van der Waals surface area (Å²) in [4.78, 5) is 4.19. The molecule has 0 aromatic carbocycles. The summed E-state index contributed by atoms with van der Waals surface area (Å²) in [7, 11) is 1.72. The van der Waals surface area contributed by atoms with Crippen molar-refractivity contribution in [2.45, 2.75) is 26.5 Å². The zero-order valence-electron chi connectivity index (χ0n) is 8.45. The molecular weight excluding hydrogens is 166 g/mol. The van der Waals surface area contributed by atoms with Crippen LogP contribution in [0.4, 0.5) is 5.95 Å². The van der Waals surface area contributed by atoms with Crippen molar-refractivity contribution in [1.82, 2.24) is 9.55 Å². The van der Waals surface area contributed by atoms with Gasteiger partial charge in [0.25, 0.3) is 0 Å². The maximum Gasteiger partial charge on any atom is 0.202 e. The van der Waals surface area contributed by atoms with Gasteiger partial charge in [0.05, 0.1) is 12.6 Å². The summed E-state index contributed by atoms with van der Waals surface area (Å²) in [6, 6.07) is 0. The monoisotopic (exact) mass is 183 g/mol. The second kappa shape index (κ2) is 4.87. The van der Waals surface area contributed by atoms with Crippen LogP contribution in [0, 0.1) is 0 Å². The first kappa shape index (κ1) is 10.1. The van der Waals surface area contributed by atoms with Crippen molar-refractivity contribution in [3.8, 4) is 0 Å². The molecule has 4 heteroatoms. The summed E-state index contributed by atoms with van der Waals surface area (Å²) in [5.74, 6) is 0.909. The van der Waals surface area contributed by atoms with Crippen molar-refractivity contribution in [2.24, 2.45) is 0 Å². The van der Waals surface area contributed by atoms with Crippen molar-refractivity contribution in [1.29, 1.82) is 0 Å². The summed E-state index contributed by atoms with van der Waals surface area (Å²) < 4.78 is 7.23. The molecule has 4 nitrogen and oxygen atoms in total. The van der Waals surface area contributed by atoms with Crippen LogP contribution in [-0.2, 0) is 11.3 Å². The number of imidazole rings is 1. The first-order chi connectivity index (χ1) is 6.27. The highest BCUT2D eigenvalue weighted by Crippen LogP contribution is 2.05. The first-order valence-electron chi connectivity index (χ1n) is 4.55. The summed E-state index contributed by atoms with van der Waals surface area (Å²) in [5.41, 5.74) is 0. The number of anilines is 1. The highest BCUT2D eigenvalue weighted by Gasteiger charge is 2.04. The first-order valence-corrected chi connectivity index (χ1v) is 4.55. The molecule has 0 radical (unpaired) electrons. The van der Waals surface area contributed by atoms with E-state index in [1.807, 2.05) is 13.1 Å². The summed E-state index contributed by atoms with van der Waals surface area (Å²) in [5, 5.41) is 3.18. The average molecular weight is 183 g/mol. The van der Waals surface area contributed by atoms with E-state index in [1.165, 1.54) is 0 Å². The molecule has 1 aromatic heterocycles. The Morgan fingerprint density at radius 2 is 2.46 bits per heavy atom. The molecule has 0 aliphatic rings. The third-order valence-electron chi connectivity index (χ3n) is 1.91. The van der Waals surface area contributed by atoms with Gasteiger partial charge in [0.15, 0.2) is 0 Å². The van der Waals surface area contributed by atoms with E-state index in [1.54, 1.807) is 13.3 Å². The van der Waals surface area contributed by atoms with E-state index < -0.39 is 0 Å². The molecule has 1 heterocycles. The zero-order chi connectivity index (χ0) is 9.68. The molecule has 13 heavy (non-hydrogen) atoms. The molecule has 0 bridgehead atoms. The Kier molecular flexibility index (Phi) is 3.76. The predicted octanol–water partition coefficient (Wildman–Crippen LogP) is 1.35. The van der Waals surface area contributed by atoms with Crippen molar-refractivity contribution in [3.05, 3.63) is 12.4 Å². The lowest BCUT2D eigenvalue weighted by atomic mass is 10.4. The van der Waals surface area contributed by atoms with Gasteiger partial charge in [-0.15, -0.1) is 0 Å². The number of nitrogens with zero attached hydrogens (tertiary/aromatic N) is 2. The van der Waals surface area contributed by atoms with E-state index in [0.29, 0.717) is 0 Å². The summed E-state index contributed by atoms with van der Waals surface area (Å²) in [6.07, 6.45) is 3.96. The lowest BCUT2D eigenvalue weighted by molar-refractivity contribution is 0.104. The maximum absolute atomic E-state index is 5.18. The van der Waals surface area contributed by atoms with Crippen molar-refractivity contribution in [2.75, 3.05) is 19.0 Å². The minimum Gasteiger partial charge on any atom is -0.380 e. The molecule has 1 atom stereocenters. The van der Waals surface area contributed by atoms with Gasteiger partial charge in [0.2, 0.25) is 5.95 Å². The van der Waals surface area contributed by atoms with Gasteiger partial charge in [0, 0.05) is 26.0 Å². The van der Waals surface area contributed by atoms with Crippen LogP contribution < -0.4 is 5.32 Å². The molecule has 1 unspecified atom stereocenters. The molecule has 0 saturated heterocycles. The van der Waals surface area contributed by atoms with E-state index in [4.69, 9.17) is 4.74 Å². The number of methoxy groups -OCH3 is 1. The molecule has 0 aliphatic heterocycles. The fraction of sp³-hybridized carbons (Fsp3) is 0.667. The van der Waals surface area contributed by atoms with Crippen LogP contribution in [-0.4, -0.2) is 29.3 Å². The minimum atomic E-state index is 0.214. The Balaban J connectivity index is 2.59. The molecule has 0 amide bonds. The van der Waals surface area contributed by atoms with Crippen LogP contribution in [0.25, 0.3) is 0 Å². The Labute approximate surface area is 78.9 Å². The second-order valence-electron chi connectivity index (χ2n) is 2.98. The van der Waals surface area contributed by atoms with Crippen molar-refractivity contribution in [3.63, 3.8) is 0 Å². The van der Waals surface area contributed by atoms with Crippen molar-refractivity contribution < 1.29 is 4.74 Å². The second-order valence-corrected chi connectivity index (χ2v) is 2.98. The quantitative estimate of drug-likeness (QED) is 0.749. The number of ether oxygens (including phenoxy) is 1. The van der Waals surface area contributed by atoms with E-state index >= 15 is 0 Å². The number of rotatable bonds is 5. The van der Waals surface area contributed by atoms with Gasteiger partial charge in [-0.05, 0) is 13.8 Å². The molecular formula is C9H17N3O. The van der Waals surface area contributed by atoms with E-state index in [-0.39, 0.29) is 6.10 Å². The van der Waals surface area contributed by atoms with Gasteiger partial charge in [0.1, 0.15) is 0 Å². The van der Waals surface area contributed by atoms with Gasteiger partial charge in [-0.2, -0.15) is 0 Å². The molecule has 0 spiro atoms. The van der Waals surface area contributed by atoms with Crippen LogP contribution in [0.3, 0.4) is 0 Å². The summed E-state index contributed by atoms with van der Waals surface area (Å²) >= 11 is 0. The average Bonchev–Trinajstić information content (AvgIpc) is 2.54. The SMILES string of the molecule is CCNc1nccn1CC(C)OC. The van der Waals surface area contributed by atoms with Gasteiger partial charge in [-0.3, -0.25) is 0 Å². The molecule has 1 rings (SSSR count). The number of hydrogen-bond donors (Lipinski definition) is 1. The highest BCUT2D eigenvalue weighted by molar-refractivity contribution is 5.25. The smallest absolute Gasteiger partial charge is 0.202 e. The Morgan fingerprint density at radius 1 is 1.69 bits per heavy atom. The predicted molar refractivity (Wildman–Crippen MR) is 52.9 cm³/mol. The Bertz CT molecular complexity index is 247. The van der Waals surface area contributed by atoms with Gasteiger partial charge in [-0.25, -0.2) is 4.98 Å². The number of aromatic nitrogens is 2. The zero-order valence-corrected chi connectivity index (χ0v) is 8.45. The third-order valence-corrected chi connectivity index (χ3v) is 1.91. The molecule has 1 aromatic rings. The molecule has 0 fully saturated rings. The van der Waals surface area contributed by atoms with Crippen LogP contribution >= 0.6 is 0 Å². The third kappa shape index (κ3) is 2.73. The lowest BCUT2D eigenvalue weighted by Crippen LogP contribution is -2.16.